The largest absolute Gasteiger partial charge is 0.336 e. The molecule has 1 heterocycles. The molecular formula is C17H23N5O2S. The van der Waals surface area contributed by atoms with Crippen LogP contribution in [0.5, 0.6) is 0 Å². The van der Waals surface area contributed by atoms with E-state index in [0.717, 1.165) is 5.01 Å². The van der Waals surface area contributed by atoms with Gasteiger partial charge in [-0.05, 0) is 32.0 Å². The molecule has 0 saturated heterocycles. The molecule has 1 aromatic heterocycles. The topological polar surface area (TPSA) is 96.0 Å². The first-order valence-electron chi connectivity index (χ1n) is 7.98. The molecule has 0 fully saturated rings. The first kappa shape index (κ1) is 18.9. The fraction of sp³-hybridized carbons (Fsp3) is 0.412. The van der Waals surface area contributed by atoms with Gasteiger partial charge in [-0.25, -0.2) is 4.79 Å². The van der Waals surface area contributed by atoms with Gasteiger partial charge in [0.1, 0.15) is 5.01 Å². The predicted molar refractivity (Wildman–Crippen MR) is 100 cm³/mol. The molecule has 2 aromatic rings. The normalized spacial score (nSPS) is 11.3. The van der Waals surface area contributed by atoms with E-state index >= 15 is 0 Å². The summed E-state index contributed by atoms with van der Waals surface area (Å²) in [6.07, 6.45) is 0. The van der Waals surface area contributed by atoms with Crippen molar-refractivity contribution in [2.75, 3.05) is 10.6 Å². The molecule has 0 aliphatic carbocycles. The summed E-state index contributed by atoms with van der Waals surface area (Å²) in [5, 5.41) is 17.6. The number of nitrogens with one attached hydrogen (secondary N) is 3. The van der Waals surface area contributed by atoms with Crippen LogP contribution in [-0.4, -0.2) is 28.2 Å². The second-order valence-electron chi connectivity index (χ2n) is 6.95. The summed E-state index contributed by atoms with van der Waals surface area (Å²) in [6.45, 7) is 9.86. The van der Waals surface area contributed by atoms with Gasteiger partial charge in [0.15, 0.2) is 0 Å². The highest BCUT2D eigenvalue weighted by molar-refractivity contribution is 7.15. The number of carbonyl (C=O) groups is 2. The van der Waals surface area contributed by atoms with Crippen LogP contribution in [0.2, 0.25) is 0 Å². The lowest BCUT2D eigenvalue weighted by Gasteiger charge is -2.12. The van der Waals surface area contributed by atoms with Crippen LogP contribution in [0.3, 0.4) is 0 Å². The zero-order chi connectivity index (χ0) is 18.6. The van der Waals surface area contributed by atoms with E-state index in [2.05, 4.69) is 26.1 Å². The Kier molecular flexibility index (Phi) is 5.73. The van der Waals surface area contributed by atoms with Gasteiger partial charge in [0.25, 0.3) is 5.91 Å². The number of aromatic nitrogens is 2. The number of urea groups is 1. The SMILES string of the molecule is CC(C)NC(=O)Nc1cccc(C(=O)Nc2nnc(C(C)(C)C)s2)c1. The number of nitrogens with zero attached hydrogens (tertiary/aromatic N) is 2. The molecule has 1 aromatic carbocycles. The van der Waals surface area contributed by atoms with Crippen molar-refractivity contribution in [2.45, 2.75) is 46.1 Å². The maximum Gasteiger partial charge on any atom is 0.319 e. The van der Waals surface area contributed by atoms with Gasteiger partial charge >= 0.3 is 6.03 Å². The van der Waals surface area contributed by atoms with E-state index in [9.17, 15) is 9.59 Å². The maximum absolute atomic E-state index is 12.4. The van der Waals surface area contributed by atoms with Gasteiger partial charge < -0.3 is 10.6 Å². The highest BCUT2D eigenvalue weighted by Gasteiger charge is 2.20. The molecule has 0 aliphatic heterocycles. The van der Waals surface area contributed by atoms with E-state index in [4.69, 9.17) is 0 Å². The Hall–Kier alpha value is -2.48. The minimum atomic E-state index is -0.313. The van der Waals surface area contributed by atoms with Crippen LogP contribution in [0.25, 0.3) is 0 Å². The average Bonchev–Trinajstić information content (AvgIpc) is 2.95. The van der Waals surface area contributed by atoms with Crippen molar-refractivity contribution in [1.82, 2.24) is 15.5 Å². The number of hydrogen-bond donors (Lipinski definition) is 3. The Labute approximate surface area is 151 Å². The summed E-state index contributed by atoms with van der Waals surface area (Å²) in [6, 6.07) is 6.43. The highest BCUT2D eigenvalue weighted by atomic mass is 32.1. The number of amides is 3. The zero-order valence-electron chi connectivity index (χ0n) is 15.0. The van der Waals surface area contributed by atoms with E-state index in [1.54, 1.807) is 24.3 Å². The molecule has 0 saturated carbocycles. The Bertz CT molecular complexity index is 764. The molecule has 25 heavy (non-hydrogen) atoms. The van der Waals surface area contributed by atoms with E-state index < -0.39 is 0 Å². The van der Waals surface area contributed by atoms with Gasteiger partial charge in [-0.3, -0.25) is 10.1 Å². The average molecular weight is 361 g/mol. The second kappa shape index (κ2) is 7.60. The van der Waals surface area contributed by atoms with Crippen molar-refractivity contribution in [3.05, 3.63) is 34.8 Å². The Morgan fingerprint density at radius 2 is 1.84 bits per heavy atom. The molecule has 0 spiro atoms. The summed E-state index contributed by atoms with van der Waals surface area (Å²) in [7, 11) is 0. The van der Waals surface area contributed by atoms with Gasteiger partial charge in [0.2, 0.25) is 5.13 Å². The molecule has 0 radical (unpaired) electrons. The third-order valence-electron chi connectivity index (χ3n) is 3.09. The van der Waals surface area contributed by atoms with E-state index in [1.807, 2.05) is 34.6 Å². The number of carbonyl (C=O) groups excluding carboxylic acids is 2. The van der Waals surface area contributed by atoms with Crippen LogP contribution in [0, 0.1) is 0 Å². The molecule has 0 unspecified atom stereocenters. The molecule has 7 nitrogen and oxygen atoms in total. The lowest BCUT2D eigenvalue weighted by Crippen LogP contribution is -2.34. The predicted octanol–water partition coefficient (Wildman–Crippen LogP) is 3.62. The molecule has 0 bridgehead atoms. The monoisotopic (exact) mass is 361 g/mol. The van der Waals surface area contributed by atoms with Gasteiger partial charge in [-0.15, -0.1) is 10.2 Å². The summed E-state index contributed by atoms with van der Waals surface area (Å²) in [4.78, 5) is 24.1. The third-order valence-corrected chi connectivity index (χ3v) is 4.35. The third kappa shape index (κ3) is 5.53. The van der Waals surface area contributed by atoms with Crippen LogP contribution in [-0.2, 0) is 5.41 Å². The van der Waals surface area contributed by atoms with Crippen LogP contribution in [0.4, 0.5) is 15.6 Å². The molecule has 2 rings (SSSR count). The first-order valence-corrected chi connectivity index (χ1v) is 8.79. The lowest BCUT2D eigenvalue weighted by molar-refractivity contribution is 0.102. The fourth-order valence-electron chi connectivity index (χ4n) is 1.91. The molecule has 0 atom stereocenters. The quantitative estimate of drug-likeness (QED) is 0.775. The summed E-state index contributed by atoms with van der Waals surface area (Å²) >= 11 is 1.35. The first-order chi connectivity index (χ1) is 11.6. The Morgan fingerprint density at radius 3 is 2.44 bits per heavy atom. The van der Waals surface area contributed by atoms with E-state index in [-0.39, 0.29) is 23.4 Å². The number of anilines is 2. The highest BCUT2D eigenvalue weighted by Crippen LogP contribution is 2.28. The van der Waals surface area contributed by atoms with Crippen LogP contribution < -0.4 is 16.0 Å². The molecule has 3 amide bonds. The minimum absolute atomic E-state index is 0.0286. The van der Waals surface area contributed by atoms with E-state index in [0.29, 0.717) is 16.4 Å². The van der Waals surface area contributed by atoms with Crippen molar-refractivity contribution in [3.8, 4) is 0 Å². The van der Waals surface area contributed by atoms with Crippen molar-refractivity contribution < 1.29 is 9.59 Å². The Balaban J connectivity index is 2.06. The van der Waals surface area contributed by atoms with Crippen LogP contribution in [0.1, 0.15) is 50.0 Å². The molecule has 0 aliphatic rings. The fourth-order valence-corrected chi connectivity index (χ4v) is 2.71. The molecular weight excluding hydrogens is 338 g/mol. The number of hydrogen-bond acceptors (Lipinski definition) is 5. The smallest absolute Gasteiger partial charge is 0.319 e. The van der Waals surface area contributed by atoms with Crippen LogP contribution >= 0.6 is 11.3 Å². The van der Waals surface area contributed by atoms with Gasteiger partial charge in [-0.1, -0.05) is 38.2 Å². The standard InChI is InChI=1S/C17H23N5O2S/c1-10(2)18-15(24)19-12-8-6-7-11(9-12)13(23)20-16-22-21-14(25-16)17(3,4)5/h6-10H,1-5H3,(H2,18,19,24)(H,20,22,23). The summed E-state index contributed by atoms with van der Waals surface area (Å²) in [5.74, 6) is -0.301. The van der Waals surface area contributed by atoms with Crippen molar-refractivity contribution in [3.63, 3.8) is 0 Å². The lowest BCUT2D eigenvalue weighted by atomic mass is 9.98. The molecule has 3 N–H and O–H groups in total. The van der Waals surface area contributed by atoms with Crippen molar-refractivity contribution >= 4 is 34.1 Å². The van der Waals surface area contributed by atoms with E-state index in [1.165, 1.54) is 11.3 Å². The molecule has 134 valence electrons. The maximum atomic E-state index is 12.4. The van der Waals surface area contributed by atoms with Gasteiger partial charge in [0, 0.05) is 22.7 Å². The van der Waals surface area contributed by atoms with Gasteiger partial charge in [-0.2, -0.15) is 0 Å². The molecule has 8 heteroatoms. The zero-order valence-corrected chi connectivity index (χ0v) is 15.8. The van der Waals surface area contributed by atoms with Crippen LogP contribution in [0.15, 0.2) is 24.3 Å². The van der Waals surface area contributed by atoms with Crippen molar-refractivity contribution in [2.24, 2.45) is 0 Å². The number of benzene rings is 1. The summed E-state index contributed by atoms with van der Waals surface area (Å²) < 4.78 is 0. The number of rotatable bonds is 4. The van der Waals surface area contributed by atoms with Crippen molar-refractivity contribution in [1.29, 1.82) is 0 Å². The van der Waals surface area contributed by atoms with Gasteiger partial charge in [0.05, 0.1) is 0 Å². The minimum Gasteiger partial charge on any atom is -0.336 e. The Morgan fingerprint density at radius 1 is 1.12 bits per heavy atom. The second-order valence-corrected chi connectivity index (χ2v) is 7.93. The summed E-state index contributed by atoms with van der Waals surface area (Å²) in [5.41, 5.74) is 0.849.